The van der Waals surface area contributed by atoms with E-state index in [2.05, 4.69) is 15.3 Å². The normalized spacial score (nSPS) is 10.4. The van der Waals surface area contributed by atoms with E-state index in [-0.39, 0.29) is 18.2 Å². The van der Waals surface area contributed by atoms with Crippen molar-refractivity contribution in [1.29, 1.82) is 0 Å². The summed E-state index contributed by atoms with van der Waals surface area (Å²) < 4.78 is 0. The van der Waals surface area contributed by atoms with Crippen LogP contribution in [0.25, 0.3) is 0 Å². The molecule has 0 bridgehead atoms. The number of nitrogens with one attached hydrogen (secondary N) is 1. The van der Waals surface area contributed by atoms with Gasteiger partial charge in [-0.25, -0.2) is 0 Å². The van der Waals surface area contributed by atoms with Crippen molar-refractivity contribution in [3.05, 3.63) is 82.6 Å². The molecular weight excluding hydrogens is 360 g/mol. The van der Waals surface area contributed by atoms with E-state index in [1.54, 1.807) is 35.8 Å². The first-order valence-corrected chi connectivity index (χ1v) is 9.47. The molecule has 0 aliphatic rings. The highest BCUT2D eigenvalue weighted by molar-refractivity contribution is 7.12. The van der Waals surface area contributed by atoms with Crippen LogP contribution < -0.4 is 5.32 Å². The SMILES string of the molecule is O=C(NCCC(=O)N(Cc1ccncc1)Cc1cccnc1)c1cccs1. The van der Waals surface area contributed by atoms with Crippen LogP contribution >= 0.6 is 11.3 Å². The van der Waals surface area contributed by atoms with Crippen molar-refractivity contribution in [2.45, 2.75) is 19.5 Å². The van der Waals surface area contributed by atoms with Gasteiger partial charge in [-0.3, -0.25) is 19.6 Å². The molecule has 27 heavy (non-hydrogen) atoms. The van der Waals surface area contributed by atoms with Crippen LogP contribution in [-0.4, -0.2) is 33.2 Å². The second-order valence-electron chi connectivity index (χ2n) is 5.95. The molecule has 0 aliphatic carbocycles. The van der Waals surface area contributed by atoms with Gasteiger partial charge in [0.1, 0.15) is 0 Å². The quantitative estimate of drug-likeness (QED) is 0.652. The van der Waals surface area contributed by atoms with Gasteiger partial charge < -0.3 is 10.2 Å². The molecule has 3 aromatic rings. The molecular formula is C20H20N4O2S. The summed E-state index contributed by atoms with van der Waals surface area (Å²) in [6, 6.07) is 11.2. The summed E-state index contributed by atoms with van der Waals surface area (Å²) in [6.45, 7) is 1.25. The number of pyridine rings is 2. The van der Waals surface area contributed by atoms with Crippen LogP contribution in [0.4, 0.5) is 0 Å². The smallest absolute Gasteiger partial charge is 0.261 e. The maximum Gasteiger partial charge on any atom is 0.261 e. The summed E-state index contributed by atoms with van der Waals surface area (Å²) in [5.74, 6) is -0.173. The highest BCUT2D eigenvalue weighted by atomic mass is 32.1. The van der Waals surface area contributed by atoms with Crippen molar-refractivity contribution < 1.29 is 9.59 Å². The number of amides is 2. The van der Waals surface area contributed by atoms with E-state index in [0.29, 0.717) is 24.5 Å². The van der Waals surface area contributed by atoms with E-state index in [0.717, 1.165) is 11.1 Å². The van der Waals surface area contributed by atoms with Gasteiger partial charge in [-0.2, -0.15) is 0 Å². The van der Waals surface area contributed by atoms with Crippen LogP contribution in [0.3, 0.4) is 0 Å². The van der Waals surface area contributed by atoms with Crippen molar-refractivity contribution in [3.63, 3.8) is 0 Å². The standard InChI is InChI=1S/C20H20N4O2S/c25-19(7-11-23-20(26)18-4-2-12-27-18)24(14-16-5-9-21-10-6-16)15-17-3-1-8-22-13-17/h1-6,8-10,12-13H,7,11,14-15H2,(H,23,26). The van der Waals surface area contributed by atoms with E-state index < -0.39 is 0 Å². The maximum absolute atomic E-state index is 12.8. The molecule has 0 aliphatic heterocycles. The summed E-state index contributed by atoms with van der Waals surface area (Å²) in [4.78, 5) is 35.3. The first kappa shape index (κ1) is 18.7. The molecule has 0 saturated carbocycles. The lowest BCUT2D eigenvalue weighted by atomic mass is 10.2. The lowest BCUT2D eigenvalue weighted by Gasteiger charge is -2.23. The van der Waals surface area contributed by atoms with Crippen LogP contribution in [0.2, 0.25) is 0 Å². The predicted molar refractivity (Wildman–Crippen MR) is 104 cm³/mol. The van der Waals surface area contributed by atoms with Gasteiger partial charge in [-0.1, -0.05) is 12.1 Å². The van der Waals surface area contributed by atoms with Gasteiger partial charge in [0, 0.05) is 50.8 Å². The van der Waals surface area contributed by atoms with Gasteiger partial charge in [-0.05, 0) is 40.8 Å². The van der Waals surface area contributed by atoms with Crippen LogP contribution in [0, 0.1) is 0 Å². The molecule has 2 amide bonds. The number of carbonyl (C=O) groups is 2. The third kappa shape index (κ3) is 5.72. The number of aromatic nitrogens is 2. The van der Waals surface area contributed by atoms with Crippen LogP contribution in [0.1, 0.15) is 27.2 Å². The predicted octanol–water partition coefficient (Wildman–Crippen LogP) is 2.89. The highest BCUT2D eigenvalue weighted by Crippen LogP contribution is 2.11. The zero-order valence-electron chi connectivity index (χ0n) is 14.7. The first-order chi connectivity index (χ1) is 13.2. The summed E-state index contributed by atoms with van der Waals surface area (Å²) in [7, 11) is 0. The molecule has 3 aromatic heterocycles. The Balaban J connectivity index is 1.60. The Labute approximate surface area is 161 Å². The number of carbonyl (C=O) groups excluding carboxylic acids is 2. The fraction of sp³-hybridized carbons (Fsp3) is 0.200. The zero-order chi connectivity index (χ0) is 18.9. The monoisotopic (exact) mass is 380 g/mol. The minimum Gasteiger partial charge on any atom is -0.351 e. The van der Waals surface area contributed by atoms with Gasteiger partial charge in [-0.15, -0.1) is 11.3 Å². The van der Waals surface area contributed by atoms with Crippen molar-refractivity contribution in [1.82, 2.24) is 20.2 Å². The van der Waals surface area contributed by atoms with Crippen LogP contribution in [0.5, 0.6) is 0 Å². The van der Waals surface area contributed by atoms with E-state index in [4.69, 9.17) is 0 Å². The average molecular weight is 380 g/mol. The van der Waals surface area contributed by atoms with Crippen LogP contribution in [-0.2, 0) is 17.9 Å². The molecule has 0 fully saturated rings. The van der Waals surface area contributed by atoms with E-state index in [9.17, 15) is 9.59 Å². The number of nitrogens with zero attached hydrogens (tertiary/aromatic N) is 3. The summed E-state index contributed by atoms with van der Waals surface area (Å²) in [5, 5.41) is 4.65. The molecule has 6 nitrogen and oxygen atoms in total. The fourth-order valence-corrected chi connectivity index (χ4v) is 3.23. The Morgan fingerprint density at radius 2 is 1.78 bits per heavy atom. The van der Waals surface area contributed by atoms with Crippen molar-refractivity contribution in [2.24, 2.45) is 0 Å². The number of thiophene rings is 1. The minimum absolute atomic E-state index is 0.0258. The molecule has 0 unspecified atom stereocenters. The third-order valence-electron chi connectivity index (χ3n) is 3.94. The van der Waals surface area contributed by atoms with Crippen molar-refractivity contribution >= 4 is 23.2 Å². The van der Waals surface area contributed by atoms with Gasteiger partial charge in [0.15, 0.2) is 0 Å². The third-order valence-corrected chi connectivity index (χ3v) is 4.81. The number of hydrogen-bond acceptors (Lipinski definition) is 5. The van der Waals surface area contributed by atoms with E-state index in [1.807, 2.05) is 35.7 Å². The molecule has 1 N–H and O–H groups in total. The minimum atomic E-state index is -0.147. The molecule has 3 heterocycles. The largest absolute Gasteiger partial charge is 0.351 e. The van der Waals surface area contributed by atoms with Gasteiger partial charge in [0.2, 0.25) is 5.91 Å². The summed E-state index contributed by atoms with van der Waals surface area (Å²) >= 11 is 1.38. The molecule has 0 radical (unpaired) electrons. The Hall–Kier alpha value is -3.06. The first-order valence-electron chi connectivity index (χ1n) is 8.59. The Morgan fingerprint density at radius 1 is 0.963 bits per heavy atom. The Bertz CT molecular complexity index is 813. The van der Waals surface area contributed by atoms with Crippen molar-refractivity contribution in [2.75, 3.05) is 6.54 Å². The van der Waals surface area contributed by atoms with Gasteiger partial charge in [0.05, 0.1) is 4.88 Å². The molecule has 0 atom stereocenters. The van der Waals surface area contributed by atoms with Crippen molar-refractivity contribution in [3.8, 4) is 0 Å². The van der Waals surface area contributed by atoms with E-state index >= 15 is 0 Å². The summed E-state index contributed by atoms with van der Waals surface area (Å²) in [6.07, 6.45) is 7.12. The molecule has 3 rings (SSSR count). The molecule has 0 saturated heterocycles. The molecule has 7 heteroatoms. The zero-order valence-corrected chi connectivity index (χ0v) is 15.6. The van der Waals surface area contributed by atoms with Gasteiger partial charge in [0.25, 0.3) is 5.91 Å². The average Bonchev–Trinajstić information content (AvgIpc) is 3.24. The Morgan fingerprint density at radius 3 is 2.48 bits per heavy atom. The van der Waals surface area contributed by atoms with Crippen LogP contribution in [0.15, 0.2) is 66.6 Å². The lowest BCUT2D eigenvalue weighted by molar-refractivity contribution is -0.132. The maximum atomic E-state index is 12.8. The number of hydrogen-bond donors (Lipinski definition) is 1. The fourth-order valence-electron chi connectivity index (χ4n) is 2.59. The van der Waals surface area contributed by atoms with Gasteiger partial charge >= 0.3 is 0 Å². The molecule has 138 valence electrons. The Kier molecular flexibility index (Phi) is 6.65. The molecule has 0 spiro atoms. The highest BCUT2D eigenvalue weighted by Gasteiger charge is 2.15. The molecule has 0 aromatic carbocycles. The second-order valence-corrected chi connectivity index (χ2v) is 6.90. The summed E-state index contributed by atoms with van der Waals surface area (Å²) in [5.41, 5.74) is 1.97. The van der Waals surface area contributed by atoms with E-state index in [1.165, 1.54) is 11.3 Å². The second kappa shape index (κ2) is 9.59. The number of rotatable bonds is 8. The topological polar surface area (TPSA) is 75.2 Å². The lowest BCUT2D eigenvalue weighted by Crippen LogP contribution is -2.33.